The second-order valence-corrected chi connectivity index (χ2v) is 4.53. The van der Waals surface area contributed by atoms with Crippen molar-refractivity contribution in [1.82, 2.24) is 9.88 Å². The molecule has 0 spiro atoms. The molecule has 0 fully saturated rings. The third-order valence-electron chi connectivity index (χ3n) is 2.84. The number of pyridine rings is 1. The van der Waals surface area contributed by atoms with Gasteiger partial charge in [0.1, 0.15) is 0 Å². The fourth-order valence-corrected chi connectivity index (χ4v) is 1.88. The molecule has 0 aromatic carbocycles. The van der Waals surface area contributed by atoms with E-state index in [1.807, 2.05) is 25.7 Å². The second kappa shape index (κ2) is 6.99. The van der Waals surface area contributed by atoms with Crippen LogP contribution in [0.1, 0.15) is 44.5 Å². The Morgan fingerprint density at radius 1 is 1.44 bits per heavy atom. The molecule has 0 bridgehead atoms. The van der Waals surface area contributed by atoms with Crippen molar-refractivity contribution in [3.63, 3.8) is 0 Å². The molecule has 1 N–H and O–H groups in total. The predicted octanol–water partition coefficient (Wildman–Crippen LogP) is 2.77. The van der Waals surface area contributed by atoms with Gasteiger partial charge in [-0.1, -0.05) is 6.92 Å². The summed E-state index contributed by atoms with van der Waals surface area (Å²) in [6.07, 6.45) is 4.40. The number of hydrogen-bond donors (Lipinski definition) is 1. The Labute approximate surface area is 109 Å². The van der Waals surface area contributed by atoms with E-state index in [1.54, 1.807) is 18.5 Å². The molecule has 100 valence electrons. The molecule has 1 aromatic rings. The molecule has 0 aliphatic heterocycles. The summed E-state index contributed by atoms with van der Waals surface area (Å²) in [6.45, 7) is 9.71. The summed E-state index contributed by atoms with van der Waals surface area (Å²) in [4.78, 5) is 18.4. The first-order chi connectivity index (χ1) is 8.61. The van der Waals surface area contributed by atoms with Gasteiger partial charge in [-0.15, -0.1) is 0 Å². The number of rotatable bonds is 6. The van der Waals surface area contributed by atoms with E-state index in [9.17, 15) is 4.79 Å². The van der Waals surface area contributed by atoms with Gasteiger partial charge in [0, 0.05) is 25.3 Å². The van der Waals surface area contributed by atoms with Crippen LogP contribution in [0.25, 0.3) is 0 Å². The molecule has 4 heteroatoms. The van der Waals surface area contributed by atoms with Crippen LogP contribution >= 0.6 is 0 Å². The smallest absolute Gasteiger partial charge is 0.256 e. The highest BCUT2D eigenvalue weighted by Gasteiger charge is 2.19. The molecule has 1 amide bonds. The van der Waals surface area contributed by atoms with Gasteiger partial charge in [0.25, 0.3) is 5.91 Å². The Balaban J connectivity index is 2.96. The third kappa shape index (κ3) is 3.45. The van der Waals surface area contributed by atoms with E-state index in [0.29, 0.717) is 12.1 Å². The lowest BCUT2D eigenvalue weighted by atomic mass is 10.1. The average Bonchev–Trinajstić information content (AvgIpc) is 2.37. The third-order valence-corrected chi connectivity index (χ3v) is 2.84. The number of nitrogens with one attached hydrogen (secondary N) is 1. The van der Waals surface area contributed by atoms with Crippen LogP contribution in [0.4, 0.5) is 5.69 Å². The molecular formula is C14H23N3O. The fraction of sp³-hybridized carbons (Fsp3) is 0.571. The van der Waals surface area contributed by atoms with Gasteiger partial charge in [-0.25, -0.2) is 0 Å². The van der Waals surface area contributed by atoms with E-state index in [-0.39, 0.29) is 11.9 Å². The molecule has 18 heavy (non-hydrogen) atoms. The maximum absolute atomic E-state index is 12.5. The maximum Gasteiger partial charge on any atom is 0.256 e. The molecule has 1 aromatic heterocycles. The van der Waals surface area contributed by atoms with E-state index in [0.717, 1.165) is 18.7 Å². The highest BCUT2D eigenvalue weighted by Crippen LogP contribution is 2.17. The van der Waals surface area contributed by atoms with E-state index < -0.39 is 0 Å². The lowest BCUT2D eigenvalue weighted by Crippen LogP contribution is -2.37. The first-order valence-corrected chi connectivity index (χ1v) is 6.60. The maximum atomic E-state index is 12.5. The van der Waals surface area contributed by atoms with Crippen LogP contribution < -0.4 is 5.32 Å². The van der Waals surface area contributed by atoms with Gasteiger partial charge < -0.3 is 10.2 Å². The zero-order valence-corrected chi connectivity index (χ0v) is 11.7. The predicted molar refractivity (Wildman–Crippen MR) is 74.9 cm³/mol. The largest absolute Gasteiger partial charge is 0.383 e. The number of anilines is 1. The summed E-state index contributed by atoms with van der Waals surface area (Å²) in [5, 5.41) is 3.25. The van der Waals surface area contributed by atoms with Gasteiger partial charge in [-0.05, 0) is 33.3 Å². The lowest BCUT2D eigenvalue weighted by molar-refractivity contribution is 0.0718. The summed E-state index contributed by atoms with van der Waals surface area (Å²) in [7, 11) is 0. The molecule has 0 radical (unpaired) electrons. The van der Waals surface area contributed by atoms with Crippen molar-refractivity contribution >= 4 is 11.6 Å². The first kappa shape index (κ1) is 14.5. The summed E-state index contributed by atoms with van der Waals surface area (Å²) in [5.74, 6) is 0.0634. The number of amides is 1. The monoisotopic (exact) mass is 249 g/mol. The van der Waals surface area contributed by atoms with Crippen molar-refractivity contribution in [2.45, 2.75) is 40.2 Å². The minimum atomic E-state index is 0.0634. The van der Waals surface area contributed by atoms with Crippen molar-refractivity contribution in [3.05, 3.63) is 24.0 Å². The standard InChI is InChI=1S/C14H23N3O/c1-5-8-16-13-10-15-9-7-12(13)14(18)17(6-2)11(3)4/h7,9-11,16H,5-6,8H2,1-4H3. The highest BCUT2D eigenvalue weighted by molar-refractivity contribution is 5.99. The van der Waals surface area contributed by atoms with Gasteiger partial charge in [-0.2, -0.15) is 0 Å². The fourth-order valence-electron chi connectivity index (χ4n) is 1.88. The Kier molecular flexibility index (Phi) is 5.62. The molecule has 0 unspecified atom stereocenters. The van der Waals surface area contributed by atoms with Crippen LogP contribution in [0.3, 0.4) is 0 Å². The quantitative estimate of drug-likeness (QED) is 0.843. The van der Waals surface area contributed by atoms with Crippen molar-refractivity contribution in [1.29, 1.82) is 0 Å². The number of carbonyl (C=O) groups excluding carboxylic acids is 1. The van der Waals surface area contributed by atoms with Crippen molar-refractivity contribution in [3.8, 4) is 0 Å². The number of nitrogens with zero attached hydrogens (tertiary/aromatic N) is 2. The van der Waals surface area contributed by atoms with E-state index in [1.165, 1.54) is 0 Å². The number of hydrogen-bond acceptors (Lipinski definition) is 3. The highest BCUT2D eigenvalue weighted by atomic mass is 16.2. The van der Waals surface area contributed by atoms with E-state index in [2.05, 4.69) is 17.2 Å². The van der Waals surface area contributed by atoms with Crippen LogP contribution in [0.5, 0.6) is 0 Å². The molecule has 1 rings (SSSR count). The van der Waals surface area contributed by atoms with Gasteiger partial charge in [0.15, 0.2) is 0 Å². The molecule has 0 saturated heterocycles. The molecule has 1 heterocycles. The van der Waals surface area contributed by atoms with Crippen molar-refractivity contribution in [2.24, 2.45) is 0 Å². The average molecular weight is 249 g/mol. The minimum Gasteiger partial charge on any atom is -0.383 e. The Bertz CT molecular complexity index is 390. The summed E-state index contributed by atoms with van der Waals surface area (Å²) in [5.41, 5.74) is 1.53. The molecule has 0 aliphatic carbocycles. The zero-order chi connectivity index (χ0) is 13.5. The number of aromatic nitrogens is 1. The van der Waals surface area contributed by atoms with Crippen LogP contribution in [0.15, 0.2) is 18.5 Å². The van der Waals surface area contributed by atoms with Gasteiger partial charge in [0.2, 0.25) is 0 Å². The van der Waals surface area contributed by atoms with E-state index in [4.69, 9.17) is 0 Å². The van der Waals surface area contributed by atoms with Gasteiger partial charge >= 0.3 is 0 Å². The molecule has 0 atom stereocenters. The zero-order valence-electron chi connectivity index (χ0n) is 11.7. The van der Waals surface area contributed by atoms with Crippen LogP contribution in [-0.4, -0.2) is 34.9 Å². The topological polar surface area (TPSA) is 45.2 Å². The minimum absolute atomic E-state index is 0.0634. The SMILES string of the molecule is CCCNc1cnccc1C(=O)N(CC)C(C)C. The Morgan fingerprint density at radius 2 is 2.17 bits per heavy atom. The first-order valence-electron chi connectivity index (χ1n) is 6.60. The molecule has 4 nitrogen and oxygen atoms in total. The van der Waals surface area contributed by atoms with E-state index >= 15 is 0 Å². The normalized spacial score (nSPS) is 10.5. The molecular weight excluding hydrogens is 226 g/mol. The molecule has 0 aliphatic rings. The summed E-state index contributed by atoms with van der Waals surface area (Å²) < 4.78 is 0. The summed E-state index contributed by atoms with van der Waals surface area (Å²) in [6, 6.07) is 1.99. The van der Waals surface area contributed by atoms with Gasteiger partial charge in [-0.3, -0.25) is 9.78 Å². The Morgan fingerprint density at radius 3 is 2.72 bits per heavy atom. The summed E-state index contributed by atoms with van der Waals surface area (Å²) >= 11 is 0. The van der Waals surface area contributed by atoms with Gasteiger partial charge in [0.05, 0.1) is 17.4 Å². The van der Waals surface area contributed by atoms with Crippen LogP contribution in [0.2, 0.25) is 0 Å². The molecule has 0 saturated carbocycles. The van der Waals surface area contributed by atoms with Crippen LogP contribution in [-0.2, 0) is 0 Å². The Hall–Kier alpha value is -1.58. The van der Waals surface area contributed by atoms with Crippen molar-refractivity contribution in [2.75, 3.05) is 18.4 Å². The second-order valence-electron chi connectivity index (χ2n) is 4.53. The van der Waals surface area contributed by atoms with Crippen LogP contribution in [0, 0.1) is 0 Å². The van der Waals surface area contributed by atoms with Crippen molar-refractivity contribution < 1.29 is 4.79 Å². The number of carbonyl (C=O) groups is 1. The lowest BCUT2D eigenvalue weighted by Gasteiger charge is -2.26.